The summed E-state index contributed by atoms with van der Waals surface area (Å²) in [6.07, 6.45) is -0.213. The monoisotopic (exact) mass is 449 g/mol. The zero-order valence-corrected chi connectivity index (χ0v) is 16.8. The molecule has 4 aromatic rings. The van der Waals surface area contributed by atoms with Crippen LogP contribution in [-0.4, -0.2) is 21.8 Å². The number of hydrogen-bond acceptors (Lipinski definition) is 5. The van der Waals surface area contributed by atoms with Crippen molar-refractivity contribution in [3.8, 4) is 10.4 Å². The second-order valence-electron chi connectivity index (χ2n) is 6.08. The number of fused-ring (bicyclic) bond motifs is 1. The van der Waals surface area contributed by atoms with E-state index in [2.05, 4.69) is 4.98 Å². The van der Waals surface area contributed by atoms with Crippen molar-refractivity contribution in [1.82, 2.24) is 4.98 Å². The van der Waals surface area contributed by atoms with Crippen LogP contribution < -0.4 is 0 Å². The maximum atomic E-state index is 14.3. The number of ketones is 1. The van der Waals surface area contributed by atoms with E-state index < -0.39 is 22.6 Å². The maximum absolute atomic E-state index is 14.3. The Kier molecular flexibility index (Phi) is 5.16. The number of thiazole rings is 1. The van der Waals surface area contributed by atoms with Gasteiger partial charge in [-0.05, 0) is 35.2 Å². The molecule has 0 unspecified atom stereocenters. The van der Waals surface area contributed by atoms with Crippen LogP contribution in [0.25, 0.3) is 20.7 Å². The van der Waals surface area contributed by atoms with Gasteiger partial charge in [-0.15, -0.1) is 22.7 Å². The second kappa shape index (κ2) is 7.62. The standard InChI is InChI=1S/C20H10ClF2NO3S2/c21-11-6-5-10(16(22)17(11)23)18-15(20(26)27)9(8-28-18)7-13(25)19-24-12-3-1-2-4-14(12)29-19/h1-6,8H,7H2,(H,26,27). The number of Topliss-reactive ketones (excluding diaryl/α,β-unsaturated/α-hetero) is 1. The van der Waals surface area contributed by atoms with Gasteiger partial charge in [-0.25, -0.2) is 18.6 Å². The highest BCUT2D eigenvalue weighted by atomic mass is 35.5. The average Bonchev–Trinajstić information content (AvgIpc) is 3.30. The minimum absolute atomic E-state index is 0.0256. The van der Waals surface area contributed by atoms with Crippen molar-refractivity contribution < 1.29 is 23.5 Å². The molecule has 4 rings (SSSR count). The number of carboxylic acids is 1. The third-order valence-electron chi connectivity index (χ3n) is 4.24. The molecule has 0 atom stereocenters. The highest BCUT2D eigenvalue weighted by Crippen LogP contribution is 2.37. The number of aromatic carboxylic acids is 1. The number of nitrogens with zero attached hydrogens (tertiary/aromatic N) is 1. The molecule has 4 nitrogen and oxygen atoms in total. The highest BCUT2D eigenvalue weighted by Gasteiger charge is 2.25. The molecule has 0 amide bonds. The van der Waals surface area contributed by atoms with Gasteiger partial charge < -0.3 is 5.11 Å². The number of para-hydroxylation sites is 1. The van der Waals surface area contributed by atoms with Crippen molar-refractivity contribution >= 4 is 56.2 Å². The first-order valence-corrected chi connectivity index (χ1v) is 10.3. The Morgan fingerprint density at radius 1 is 1.10 bits per heavy atom. The van der Waals surface area contributed by atoms with E-state index in [-0.39, 0.29) is 38.8 Å². The molecule has 2 heterocycles. The summed E-state index contributed by atoms with van der Waals surface area (Å²) in [5.41, 5.74) is 0.457. The van der Waals surface area contributed by atoms with Gasteiger partial charge >= 0.3 is 5.97 Å². The van der Waals surface area contributed by atoms with Crippen LogP contribution in [0.2, 0.25) is 5.02 Å². The van der Waals surface area contributed by atoms with Gasteiger partial charge in [-0.2, -0.15) is 0 Å². The Hall–Kier alpha value is -2.68. The Labute approximate surface area is 176 Å². The molecule has 0 saturated heterocycles. The molecule has 29 heavy (non-hydrogen) atoms. The Morgan fingerprint density at radius 3 is 2.59 bits per heavy atom. The van der Waals surface area contributed by atoms with Crippen LogP contribution in [0.1, 0.15) is 25.7 Å². The van der Waals surface area contributed by atoms with Crippen LogP contribution in [0.15, 0.2) is 41.8 Å². The minimum Gasteiger partial charge on any atom is -0.478 e. The number of hydrogen-bond donors (Lipinski definition) is 1. The first-order valence-electron chi connectivity index (χ1n) is 8.23. The lowest BCUT2D eigenvalue weighted by atomic mass is 10.0. The molecule has 0 radical (unpaired) electrons. The first-order chi connectivity index (χ1) is 13.9. The lowest BCUT2D eigenvalue weighted by Gasteiger charge is -2.06. The summed E-state index contributed by atoms with van der Waals surface area (Å²) >= 11 is 7.72. The van der Waals surface area contributed by atoms with Crippen molar-refractivity contribution in [2.75, 3.05) is 0 Å². The largest absolute Gasteiger partial charge is 0.478 e. The molecule has 146 valence electrons. The van der Waals surface area contributed by atoms with Crippen molar-refractivity contribution in [1.29, 1.82) is 0 Å². The molecule has 0 aliphatic rings. The van der Waals surface area contributed by atoms with E-state index in [0.717, 1.165) is 22.1 Å². The van der Waals surface area contributed by atoms with E-state index in [4.69, 9.17) is 11.6 Å². The number of carboxylic acid groups (broad SMARTS) is 1. The Morgan fingerprint density at radius 2 is 1.86 bits per heavy atom. The van der Waals surface area contributed by atoms with Gasteiger partial charge in [0.2, 0.25) is 0 Å². The fourth-order valence-corrected chi connectivity index (χ4v) is 5.03. The summed E-state index contributed by atoms with van der Waals surface area (Å²) in [5, 5.41) is 11.0. The van der Waals surface area contributed by atoms with E-state index in [1.54, 1.807) is 6.07 Å². The predicted octanol–water partition coefficient (Wildman–Crippen LogP) is 6.08. The molecule has 9 heteroatoms. The third kappa shape index (κ3) is 3.55. The van der Waals surface area contributed by atoms with Crippen LogP contribution in [0.4, 0.5) is 8.78 Å². The zero-order chi connectivity index (χ0) is 20.7. The molecule has 0 spiro atoms. The number of benzene rings is 2. The second-order valence-corrected chi connectivity index (χ2v) is 8.40. The number of carbonyl (C=O) groups excluding carboxylic acids is 1. The summed E-state index contributed by atoms with van der Waals surface area (Å²) in [6.45, 7) is 0. The minimum atomic E-state index is -1.33. The van der Waals surface area contributed by atoms with Crippen molar-refractivity contribution in [3.05, 3.63) is 74.6 Å². The molecule has 2 aromatic carbocycles. The van der Waals surface area contributed by atoms with Gasteiger partial charge in [0.25, 0.3) is 0 Å². The summed E-state index contributed by atoms with van der Waals surface area (Å²) in [5.74, 6) is -4.16. The lowest BCUT2D eigenvalue weighted by molar-refractivity contribution is 0.0697. The summed E-state index contributed by atoms with van der Waals surface area (Å²) in [4.78, 5) is 28.8. The fraction of sp³-hybridized carbons (Fsp3) is 0.0500. The third-order valence-corrected chi connectivity index (χ3v) is 6.68. The van der Waals surface area contributed by atoms with E-state index in [0.29, 0.717) is 5.52 Å². The topological polar surface area (TPSA) is 67.3 Å². The van der Waals surface area contributed by atoms with Crippen LogP contribution in [0, 0.1) is 11.6 Å². The van der Waals surface area contributed by atoms with E-state index >= 15 is 0 Å². The number of thiophene rings is 1. The summed E-state index contributed by atoms with van der Waals surface area (Å²) in [7, 11) is 0. The van der Waals surface area contributed by atoms with Crippen LogP contribution in [0.5, 0.6) is 0 Å². The smallest absolute Gasteiger partial charge is 0.337 e. The fourth-order valence-electron chi connectivity index (χ4n) is 2.90. The van der Waals surface area contributed by atoms with E-state index in [1.807, 2.05) is 18.2 Å². The molecule has 0 saturated carbocycles. The highest BCUT2D eigenvalue weighted by molar-refractivity contribution is 7.20. The number of halogens is 3. The molecule has 0 aliphatic heterocycles. The predicted molar refractivity (Wildman–Crippen MR) is 109 cm³/mol. The molecular formula is C20H10ClF2NO3S2. The Balaban J connectivity index is 1.73. The van der Waals surface area contributed by atoms with E-state index in [1.165, 1.54) is 22.8 Å². The van der Waals surface area contributed by atoms with Crippen molar-refractivity contribution in [2.45, 2.75) is 6.42 Å². The van der Waals surface area contributed by atoms with E-state index in [9.17, 15) is 23.5 Å². The molecule has 2 aromatic heterocycles. The molecule has 1 N–H and O–H groups in total. The van der Waals surface area contributed by atoms with Crippen LogP contribution in [-0.2, 0) is 6.42 Å². The average molecular weight is 450 g/mol. The van der Waals surface area contributed by atoms with Gasteiger partial charge in [0.1, 0.15) is 0 Å². The molecule has 0 fully saturated rings. The molecule has 0 bridgehead atoms. The quantitative estimate of drug-likeness (QED) is 0.296. The summed E-state index contributed by atoms with van der Waals surface area (Å²) < 4.78 is 29.0. The van der Waals surface area contributed by atoms with Gasteiger partial charge in [0, 0.05) is 12.0 Å². The lowest BCUT2D eigenvalue weighted by Crippen LogP contribution is -2.08. The maximum Gasteiger partial charge on any atom is 0.337 e. The van der Waals surface area contributed by atoms with Gasteiger partial charge in [0.05, 0.1) is 25.7 Å². The molecular weight excluding hydrogens is 440 g/mol. The van der Waals surface area contributed by atoms with Gasteiger partial charge in [-0.1, -0.05) is 23.7 Å². The summed E-state index contributed by atoms with van der Waals surface area (Å²) in [6, 6.07) is 9.65. The molecule has 0 aliphatic carbocycles. The SMILES string of the molecule is O=C(Cc1csc(-c2ccc(Cl)c(F)c2F)c1C(=O)O)c1nc2ccccc2s1. The van der Waals surface area contributed by atoms with Crippen molar-refractivity contribution in [3.63, 3.8) is 0 Å². The Bertz CT molecular complexity index is 1250. The number of rotatable bonds is 5. The van der Waals surface area contributed by atoms with Crippen LogP contribution in [0.3, 0.4) is 0 Å². The first kappa shape index (κ1) is 19.6. The number of aromatic nitrogens is 1. The normalized spacial score (nSPS) is 11.1. The zero-order valence-electron chi connectivity index (χ0n) is 14.4. The number of carbonyl (C=O) groups is 2. The van der Waals surface area contributed by atoms with Crippen molar-refractivity contribution in [2.24, 2.45) is 0 Å². The van der Waals surface area contributed by atoms with Crippen LogP contribution >= 0.6 is 34.3 Å². The van der Waals surface area contributed by atoms with Gasteiger partial charge in [-0.3, -0.25) is 4.79 Å². The van der Waals surface area contributed by atoms with Gasteiger partial charge in [0.15, 0.2) is 22.4 Å².